The Bertz CT molecular complexity index is 766. The maximum Gasteiger partial charge on any atom is 0.256 e. The van der Waals surface area contributed by atoms with Gasteiger partial charge < -0.3 is 10.1 Å². The second-order valence-electron chi connectivity index (χ2n) is 5.34. The zero-order valence-electron chi connectivity index (χ0n) is 13.1. The van der Waals surface area contributed by atoms with Gasteiger partial charge in [0.1, 0.15) is 5.54 Å². The van der Waals surface area contributed by atoms with Crippen LogP contribution in [0.1, 0.15) is 23.0 Å². The fourth-order valence-corrected chi connectivity index (χ4v) is 2.42. The van der Waals surface area contributed by atoms with Gasteiger partial charge in [-0.25, -0.2) is 4.68 Å². The smallest absolute Gasteiger partial charge is 0.256 e. The molecule has 0 radical (unpaired) electrons. The van der Waals surface area contributed by atoms with Crippen LogP contribution in [0.5, 0.6) is 0 Å². The zero-order chi connectivity index (χ0) is 17.0. The van der Waals surface area contributed by atoms with Crippen molar-refractivity contribution in [2.75, 3.05) is 13.7 Å². The van der Waals surface area contributed by atoms with E-state index in [0.717, 1.165) is 0 Å². The van der Waals surface area contributed by atoms with Crippen molar-refractivity contribution in [3.05, 3.63) is 46.7 Å². The van der Waals surface area contributed by atoms with Gasteiger partial charge in [-0.15, -0.1) is 0 Å². The van der Waals surface area contributed by atoms with Gasteiger partial charge in [0.15, 0.2) is 0 Å². The van der Waals surface area contributed by atoms with Crippen molar-refractivity contribution in [3.8, 4) is 11.8 Å². The van der Waals surface area contributed by atoms with Crippen LogP contribution in [0.3, 0.4) is 0 Å². The third-order valence-corrected chi connectivity index (χ3v) is 3.72. The average Bonchev–Trinajstić information content (AvgIpc) is 2.89. The number of ether oxygens (including phenoxy) is 1. The molecular weight excluding hydrogens is 316 g/mol. The molecule has 1 aromatic heterocycles. The highest BCUT2D eigenvalue weighted by atomic mass is 35.5. The van der Waals surface area contributed by atoms with Crippen molar-refractivity contribution in [2.45, 2.75) is 19.4 Å². The van der Waals surface area contributed by atoms with E-state index >= 15 is 0 Å². The van der Waals surface area contributed by atoms with Crippen LogP contribution in [-0.4, -0.2) is 34.9 Å². The molecule has 0 fully saturated rings. The quantitative estimate of drug-likeness (QED) is 0.912. The second-order valence-corrected chi connectivity index (χ2v) is 5.75. The minimum Gasteiger partial charge on any atom is -0.381 e. The summed E-state index contributed by atoms with van der Waals surface area (Å²) < 4.78 is 6.57. The predicted molar refractivity (Wildman–Crippen MR) is 86.7 cm³/mol. The molecular formula is C16H17ClN4O2. The fraction of sp³-hybridized carbons (Fsp3) is 0.312. The van der Waals surface area contributed by atoms with E-state index in [-0.39, 0.29) is 12.5 Å². The van der Waals surface area contributed by atoms with E-state index in [9.17, 15) is 10.1 Å². The van der Waals surface area contributed by atoms with Gasteiger partial charge in [-0.2, -0.15) is 10.4 Å². The Morgan fingerprint density at radius 2 is 2.22 bits per heavy atom. The molecule has 0 spiro atoms. The van der Waals surface area contributed by atoms with Gasteiger partial charge in [-0.05, 0) is 26.0 Å². The maximum absolute atomic E-state index is 12.4. The lowest BCUT2D eigenvalue weighted by atomic mass is 10.1. The molecule has 0 saturated carbocycles. The first-order chi connectivity index (χ1) is 10.9. The number of methoxy groups -OCH3 is 1. The number of rotatable bonds is 5. The van der Waals surface area contributed by atoms with E-state index in [1.54, 1.807) is 24.6 Å². The number of nitrogens with one attached hydrogen (secondary N) is 1. The first-order valence-electron chi connectivity index (χ1n) is 6.94. The van der Waals surface area contributed by atoms with Crippen LogP contribution in [-0.2, 0) is 4.74 Å². The molecule has 0 bridgehead atoms. The summed E-state index contributed by atoms with van der Waals surface area (Å²) in [5.41, 5.74) is 0.589. The number of para-hydroxylation sites is 1. The minimum absolute atomic E-state index is 0.0902. The standard InChI is InChI=1S/C16H17ClN4O2/c1-11-12(15(22)20-16(2,9-18)10-23-3)8-19-21(11)14-7-5-4-6-13(14)17/h4-8H,10H2,1-3H3,(H,20,22). The molecule has 2 rings (SSSR count). The monoisotopic (exact) mass is 332 g/mol. The number of carbonyl (C=O) groups excluding carboxylic acids is 1. The van der Waals surface area contributed by atoms with E-state index in [4.69, 9.17) is 16.3 Å². The Balaban J connectivity index is 2.31. The Labute approximate surface area is 139 Å². The second kappa shape index (κ2) is 6.82. The summed E-state index contributed by atoms with van der Waals surface area (Å²) in [6.07, 6.45) is 1.46. The third-order valence-electron chi connectivity index (χ3n) is 3.40. The Kier molecular flexibility index (Phi) is 5.04. The lowest BCUT2D eigenvalue weighted by Gasteiger charge is -2.21. The number of hydrogen-bond donors (Lipinski definition) is 1. The number of aromatic nitrogens is 2. The highest BCUT2D eigenvalue weighted by molar-refractivity contribution is 6.32. The van der Waals surface area contributed by atoms with Crippen LogP contribution >= 0.6 is 11.6 Å². The van der Waals surface area contributed by atoms with Crippen molar-refractivity contribution >= 4 is 17.5 Å². The normalized spacial score (nSPS) is 13.2. The van der Waals surface area contributed by atoms with Gasteiger partial charge in [-0.1, -0.05) is 23.7 Å². The summed E-state index contributed by atoms with van der Waals surface area (Å²) in [5, 5.41) is 16.6. The van der Waals surface area contributed by atoms with Crippen molar-refractivity contribution in [3.63, 3.8) is 0 Å². The number of halogens is 1. The first-order valence-corrected chi connectivity index (χ1v) is 7.32. The molecule has 6 nitrogen and oxygen atoms in total. The van der Waals surface area contributed by atoms with E-state index in [0.29, 0.717) is 22.0 Å². The number of nitriles is 1. The molecule has 1 amide bonds. The van der Waals surface area contributed by atoms with Gasteiger partial charge in [0, 0.05) is 7.11 Å². The van der Waals surface area contributed by atoms with E-state index in [1.165, 1.54) is 13.3 Å². The van der Waals surface area contributed by atoms with Crippen LogP contribution in [0.15, 0.2) is 30.5 Å². The summed E-state index contributed by atoms with van der Waals surface area (Å²) in [6.45, 7) is 3.46. The van der Waals surface area contributed by atoms with Gasteiger partial charge >= 0.3 is 0 Å². The van der Waals surface area contributed by atoms with Crippen LogP contribution in [0, 0.1) is 18.3 Å². The summed E-state index contributed by atoms with van der Waals surface area (Å²) >= 11 is 6.17. The van der Waals surface area contributed by atoms with E-state index in [1.807, 2.05) is 24.3 Å². The number of hydrogen-bond acceptors (Lipinski definition) is 4. The van der Waals surface area contributed by atoms with Crippen molar-refractivity contribution in [2.24, 2.45) is 0 Å². The van der Waals surface area contributed by atoms with Gasteiger partial charge in [-0.3, -0.25) is 4.79 Å². The van der Waals surface area contributed by atoms with Crippen LogP contribution in [0.4, 0.5) is 0 Å². The molecule has 0 aliphatic carbocycles. The van der Waals surface area contributed by atoms with Crippen molar-refractivity contribution < 1.29 is 9.53 Å². The molecule has 120 valence electrons. The maximum atomic E-state index is 12.4. The summed E-state index contributed by atoms with van der Waals surface area (Å²) in [4.78, 5) is 12.4. The van der Waals surface area contributed by atoms with Crippen LogP contribution in [0.25, 0.3) is 5.69 Å². The van der Waals surface area contributed by atoms with Crippen LogP contribution < -0.4 is 5.32 Å². The highest BCUT2D eigenvalue weighted by Gasteiger charge is 2.28. The van der Waals surface area contributed by atoms with E-state index < -0.39 is 5.54 Å². The minimum atomic E-state index is -1.11. The molecule has 7 heteroatoms. The molecule has 0 aliphatic heterocycles. The largest absolute Gasteiger partial charge is 0.381 e. The molecule has 0 aliphatic rings. The Hall–Kier alpha value is -2.36. The van der Waals surface area contributed by atoms with E-state index in [2.05, 4.69) is 10.4 Å². The molecule has 1 N–H and O–H groups in total. The number of amides is 1. The Morgan fingerprint density at radius 3 is 2.83 bits per heavy atom. The first kappa shape index (κ1) is 17.0. The third kappa shape index (κ3) is 3.52. The molecule has 1 heterocycles. The van der Waals surface area contributed by atoms with Gasteiger partial charge in [0.05, 0.1) is 40.8 Å². The number of carbonyl (C=O) groups is 1. The fourth-order valence-electron chi connectivity index (χ4n) is 2.20. The average molecular weight is 333 g/mol. The lowest BCUT2D eigenvalue weighted by molar-refractivity contribution is 0.0859. The number of benzene rings is 1. The van der Waals surface area contributed by atoms with Crippen molar-refractivity contribution in [1.82, 2.24) is 15.1 Å². The highest BCUT2D eigenvalue weighted by Crippen LogP contribution is 2.22. The summed E-state index contributed by atoms with van der Waals surface area (Å²) in [5.74, 6) is -0.387. The Morgan fingerprint density at radius 1 is 1.52 bits per heavy atom. The van der Waals surface area contributed by atoms with Crippen LogP contribution in [0.2, 0.25) is 5.02 Å². The summed E-state index contributed by atoms with van der Waals surface area (Å²) in [7, 11) is 1.47. The summed E-state index contributed by atoms with van der Waals surface area (Å²) in [6, 6.07) is 9.27. The molecule has 0 saturated heterocycles. The molecule has 1 aromatic carbocycles. The predicted octanol–water partition coefficient (Wildman–Crippen LogP) is 2.49. The molecule has 1 unspecified atom stereocenters. The zero-order valence-corrected chi connectivity index (χ0v) is 13.9. The SMILES string of the molecule is COCC(C)(C#N)NC(=O)c1cnn(-c2ccccc2Cl)c1C. The topological polar surface area (TPSA) is 79.9 Å². The van der Waals surface area contributed by atoms with Gasteiger partial charge in [0.25, 0.3) is 5.91 Å². The lowest BCUT2D eigenvalue weighted by Crippen LogP contribution is -2.48. The van der Waals surface area contributed by atoms with Gasteiger partial charge in [0.2, 0.25) is 0 Å². The molecule has 23 heavy (non-hydrogen) atoms. The van der Waals surface area contributed by atoms with Crippen molar-refractivity contribution in [1.29, 1.82) is 5.26 Å². The molecule has 2 aromatic rings. The number of nitrogens with zero attached hydrogens (tertiary/aromatic N) is 3. The molecule has 1 atom stereocenters.